The maximum Gasteiger partial charge on any atom is 0.310 e. The first kappa shape index (κ1) is 19.9. The van der Waals surface area contributed by atoms with Crippen molar-refractivity contribution in [3.05, 3.63) is 70.5 Å². The van der Waals surface area contributed by atoms with Crippen molar-refractivity contribution < 1.29 is 18.7 Å². The minimum absolute atomic E-state index is 0.0791. The second-order valence-electron chi connectivity index (χ2n) is 7.39. The van der Waals surface area contributed by atoms with E-state index in [0.717, 1.165) is 34.1 Å². The van der Waals surface area contributed by atoms with E-state index in [1.165, 1.54) is 5.56 Å². The lowest BCUT2D eigenvalue weighted by Crippen LogP contribution is -2.15. The molecule has 3 aromatic rings. The summed E-state index contributed by atoms with van der Waals surface area (Å²) in [7, 11) is 0. The Balaban J connectivity index is 1.60. The standard InChI is InChI=1S/C24H26O4/c1-5-15(2)18-6-8-19(9-7-18)22(25)14-28-24(26)12-20-13-27-23-11-17(4)16(3)10-21(20)23/h6-11,13,15H,5,12,14H2,1-4H3/t15-/m0/s1. The summed E-state index contributed by atoms with van der Waals surface area (Å²) in [5.41, 5.74) is 5.56. The number of aryl methyl sites for hydroxylation is 2. The van der Waals surface area contributed by atoms with Crippen LogP contribution >= 0.6 is 0 Å². The van der Waals surface area contributed by atoms with Gasteiger partial charge in [0.2, 0.25) is 0 Å². The average Bonchev–Trinajstić information content (AvgIpc) is 3.07. The number of esters is 1. The molecule has 0 saturated heterocycles. The third-order valence-corrected chi connectivity index (χ3v) is 5.38. The van der Waals surface area contributed by atoms with Crippen LogP contribution in [0.5, 0.6) is 0 Å². The van der Waals surface area contributed by atoms with Crippen LogP contribution in [0.15, 0.2) is 47.1 Å². The normalized spacial score (nSPS) is 12.1. The number of rotatable bonds is 7. The van der Waals surface area contributed by atoms with Crippen LogP contribution in [-0.2, 0) is 16.0 Å². The van der Waals surface area contributed by atoms with Crippen molar-refractivity contribution in [2.24, 2.45) is 0 Å². The van der Waals surface area contributed by atoms with Crippen molar-refractivity contribution in [2.75, 3.05) is 6.61 Å². The fraction of sp³-hybridized carbons (Fsp3) is 0.333. The van der Waals surface area contributed by atoms with Gasteiger partial charge < -0.3 is 9.15 Å². The van der Waals surface area contributed by atoms with Gasteiger partial charge in [0, 0.05) is 16.5 Å². The zero-order valence-corrected chi connectivity index (χ0v) is 16.9. The minimum atomic E-state index is -0.439. The summed E-state index contributed by atoms with van der Waals surface area (Å²) in [5.74, 6) is -0.183. The maximum atomic E-state index is 12.3. The first-order valence-corrected chi connectivity index (χ1v) is 9.65. The molecule has 0 saturated carbocycles. The van der Waals surface area contributed by atoms with Crippen LogP contribution in [-0.4, -0.2) is 18.4 Å². The molecule has 0 amide bonds. The molecule has 2 aromatic carbocycles. The zero-order valence-electron chi connectivity index (χ0n) is 16.9. The highest BCUT2D eigenvalue weighted by atomic mass is 16.5. The largest absolute Gasteiger partial charge is 0.464 e. The van der Waals surface area contributed by atoms with E-state index in [-0.39, 0.29) is 18.8 Å². The molecule has 0 aliphatic rings. The first-order chi connectivity index (χ1) is 13.4. The lowest BCUT2D eigenvalue weighted by atomic mass is 9.97. The van der Waals surface area contributed by atoms with Gasteiger partial charge in [0.1, 0.15) is 5.58 Å². The molecule has 0 aliphatic carbocycles. The number of ketones is 1. The van der Waals surface area contributed by atoms with E-state index < -0.39 is 5.97 Å². The van der Waals surface area contributed by atoms with Crippen LogP contribution in [0.25, 0.3) is 11.0 Å². The number of carbonyl (C=O) groups is 2. The number of fused-ring (bicyclic) bond motifs is 1. The molecule has 0 unspecified atom stereocenters. The quantitative estimate of drug-likeness (QED) is 0.400. The van der Waals surface area contributed by atoms with Crippen molar-refractivity contribution in [3.8, 4) is 0 Å². The molecule has 0 fully saturated rings. The van der Waals surface area contributed by atoms with Crippen LogP contribution in [0, 0.1) is 13.8 Å². The third kappa shape index (κ3) is 4.33. The van der Waals surface area contributed by atoms with E-state index in [2.05, 4.69) is 13.8 Å². The summed E-state index contributed by atoms with van der Waals surface area (Å²) in [5, 5.41) is 0.909. The number of Topliss-reactive ketones (excluding diaryl/α,β-unsaturated/α-hetero) is 1. The molecule has 4 nitrogen and oxygen atoms in total. The summed E-state index contributed by atoms with van der Waals surface area (Å²) < 4.78 is 10.7. The Bertz CT molecular complexity index is 995. The number of carbonyl (C=O) groups excluding carboxylic acids is 2. The second-order valence-corrected chi connectivity index (χ2v) is 7.39. The number of furan rings is 1. The molecule has 0 radical (unpaired) electrons. The van der Waals surface area contributed by atoms with Gasteiger partial charge in [0.15, 0.2) is 12.4 Å². The second kappa shape index (κ2) is 8.42. The van der Waals surface area contributed by atoms with E-state index >= 15 is 0 Å². The Morgan fingerprint density at radius 3 is 2.43 bits per heavy atom. The Hall–Kier alpha value is -2.88. The summed E-state index contributed by atoms with van der Waals surface area (Å²) in [6.07, 6.45) is 2.71. The van der Waals surface area contributed by atoms with E-state index in [4.69, 9.17) is 9.15 Å². The van der Waals surface area contributed by atoms with Gasteiger partial charge >= 0.3 is 5.97 Å². The molecule has 0 spiro atoms. The molecule has 0 bridgehead atoms. The summed E-state index contributed by atoms with van der Waals surface area (Å²) in [6.45, 7) is 8.08. The molecule has 0 aliphatic heterocycles. The van der Waals surface area contributed by atoms with E-state index in [9.17, 15) is 9.59 Å². The van der Waals surface area contributed by atoms with Crippen molar-refractivity contribution >= 4 is 22.7 Å². The van der Waals surface area contributed by atoms with Crippen LogP contribution in [0.1, 0.15) is 58.8 Å². The topological polar surface area (TPSA) is 56.5 Å². The molecule has 3 rings (SSSR count). The monoisotopic (exact) mass is 378 g/mol. The van der Waals surface area contributed by atoms with Crippen molar-refractivity contribution in [1.82, 2.24) is 0 Å². The third-order valence-electron chi connectivity index (χ3n) is 5.38. The smallest absolute Gasteiger partial charge is 0.310 e. The SMILES string of the molecule is CC[C@H](C)c1ccc(C(=O)COC(=O)Cc2coc3cc(C)c(C)cc23)cc1. The fourth-order valence-corrected chi connectivity index (χ4v) is 3.14. The van der Waals surface area contributed by atoms with Gasteiger partial charge in [-0.25, -0.2) is 0 Å². The lowest BCUT2D eigenvalue weighted by molar-refractivity contribution is -0.141. The summed E-state index contributed by atoms with van der Waals surface area (Å²) in [4.78, 5) is 24.5. The first-order valence-electron chi connectivity index (χ1n) is 9.65. The van der Waals surface area contributed by atoms with Crippen LogP contribution in [0.2, 0.25) is 0 Å². The molecule has 28 heavy (non-hydrogen) atoms. The van der Waals surface area contributed by atoms with Gasteiger partial charge in [-0.05, 0) is 55.0 Å². The lowest BCUT2D eigenvalue weighted by Gasteiger charge is -2.09. The number of hydrogen-bond acceptors (Lipinski definition) is 4. The van der Waals surface area contributed by atoms with Gasteiger partial charge in [-0.15, -0.1) is 0 Å². The molecular formula is C24H26O4. The van der Waals surface area contributed by atoms with E-state index in [1.807, 2.05) is 38.1 Å². The highest BCUT2D eigenvalue weighted by Gasteiger charge is 2.15. The predicted octanol–water partition coefficient (Wildman–Crippen LogP) is 5.53. The van der Waals surface area contributed by atoms with Crippen molar-refractivity contribution in [1.29, 1.82) is 0 Å². The van der Waals surface area contributed by atoms with Crippen molar-refractivity contribution in [3.63, 3.8) is 0 Å². The highest BCUT2D eigenvalue weighted by molar-refractivity contribution is 5.98. The molecule has 4 heteroatoms. The maximum absolute atomic E-state index is 12.3. The van der Waals surface area contributed by atoms with E-state index in [0.29, 0.717) is 11.5 Å². The molecule has 1 atom stereocenters. The highest BCUT2D eigenvalue weighted by Crippen LogP contribution is 2.25. The molecule has 1 aromatic heterocycles. The van der Waals surface area contributed by atoms with Crippen LogP contribution in [0.3, 0.4) is 0 Å². The molecule has 1 heterocycles. The Kier molecular flexibility index (Phi) is 5.98. The number of ether oxygens (including phenoxy) is 1. The van der Waals surface area contributed by atoms with Gasteiger partial charge in [0.05, 0.1) is 12.7 Å². The average molecular weight is 378 g/mol. The fourth-order valence-electron chi connectivity index (χ4n) is 3.14. The summed E-state index contributed by atoms with van der Waals surface area (Å²) >= 11 is 0. The summed E-state index contributed by atoms with van der Waals surface area (Å²) in [6, 6.07) is 11.5. The Morgan fingerprint density at radius 1 is 1.07 bits per heavy atom. The van der Waals surface area contributed by atoms with Gasteiger partial charge in [-0.2, -0.15) is 0 Å². The molecule has 0 N–H and O–H groups in total. The van der Waals surface area contributed by atoms with Crippen molar-refractivity contribution in [2.45, 2.75) is 46.5 Å². The number of hydrogen-bond donors (Lipinski definition) is 0. The van der Waals surface area contributed by atoms with Gasteiger partial charge in [0.25, 0.3) is 0 Å². The van der Waals surface area contributed by atoms with Gasteiger partial charge in [-0.1, -0.05) is 38.1 Å². The minimum Gasteiger partial charge on any atom is -0.464 e. The molecule has 146 valence electrons. The Labute approximate surface area is 165 Å². The Morgan fingerprint density at radius 2 is 1.75 bits per heavy atom. The zero-order chi connectivity index (χ0) is 20.3. The van der Waals surface area contributed by atoms with Crippen LogP contribution in [0.4, 0.5) is 0 Å². The van der Waals surface area contributed by atoms with Crippen LogP contribution < -0.4 is 0 Å². The predicted molar refractivity (Wildman–Crippen MR) is 110 cm³/mol. The number of benzene rings is 2. The van der Waals surface area contributed by atoms with Gasteiger partial charge in [-0.3, -0.25) is 9.59 Å². The molecular weight excluding hydrogens is 352 g/mol. The van der Waals surface area contributed by atoms with E-state index in [1.54, 1.807) is 18.4 Å².